The number of fused-ring (bicyclic) bond motifs is 6. The molecule has 1 aromatic heterocycles. The van der Waals surface area contributed by atoms with Gasteiger partial charge in [-0.1, -0.05) is 101 Å². The Kier molecular flexibility index (Phi) is 4.11. The summed E-state index contributed by atoms with van der Waals surface area (Å²) >= 11 is 0. The van der Waals surface area contributed by atoms with E-state index in [9.17, 15) is 0 Å². The molecule has 0 saturated heterocycles. The number of benzene rings is 4. The second-order valence-electron chi connectivity index (χ2n) is 10.8. The Morgan fingerprint density at radius 2 is 1.36 bits per heavy atom. The molecule has 0 bridgehead atoms. The zero-order valence-corrected chi connectivity index (χ0v) is 19.9. The van der Waals surface area contributed by atoms with Gasteiger partial charge in [0.05, 0.1) is 11.4 Å². The first-order valence-electron chi connectivity index (χ1n) is 11.7. The van der Waals surface area contributed by atoms with Crippen LogP contribution in [-0.2, 0) is 10.8 Å². The van der Waals surface area contributed by atoms with Crippen molar-refractivity contribution in [1.29, 1.82) is 0 Å². The lowest BCUT2D eigenvalue weighted by atomic mass is 9.76. The largest absolute Gasteiger partial charge is 0.236 e. The zero-order chi connectivity index (χ0) is 23.0. The standard InChI is InChI=1S/C31H28N2/c1-30(2,3)24-17-25-26(23-13-9-8-12-22(23)24)29-27(31(25,4)5)28(32-18-33-29)21-15-14-19-10-6-7-11-20(19)16-21/h6-18H,1-5H3. The lowest BCUT2D eigenvalue weighted by molar-refractivity contribution is 0.590. The predicted octanol–water partition coefficient (Wildman–Crippen LogP) is 8.05. The Hall–Kier alpha value is -3.52. The molecule has 0 amide bonds. The van der Waals surface area contributed by atoms with Crippen LogP contribution in [0.5, 0.6) is 0 Å². The molecule has 2 heteroatoms. The highest BCUT2D eigenvalue weighted by Gasteiger charge is 2.41. The number of rotatable bonds is 1. The van der Waals surface area contributed by atoms with Crippen LogP contribution in [-0.4, -0.2) is 9.97 Å². The Morgan fingerprint density at radius 1 is 0.697 bits per heavy atom. The number of hydrogen-bond donors (Lipinski definition) is 0. The van der Waals surface area contributed by atoms with Crippen molar-refractivity contribution in [2.24, 2.45) is 0 Å². The molecule has 1 heterocycles. The maximum Gasteiger partial charge on any atom is 0.116 e. The van der Waals surface area contributed by atoms with Crippen molar-refractivity contribution in [2.45, 2.75) is 45.4 Å². The quantitative estimate of drug-likeness (QED) is 0.270. The molecule has 6 rings (SSSR count). The monoisotopic (exact) mass is 428 g/mol. The second kappa shape index (κ2) is 6.74. The van der Waals surface area contributed by atoms with Gasteiger partial charge in [0.2, 0.25) is 0 Å². The molecule has 0 saturated carbocycles. The fraction of sp³-hybridized carbons (Fsp3) is 0.226. The minimum absolute atomic E-state index is 0.0480. The smallest absolute Gasteiger partial charge is 0.116 e. The van der Waals surface area contributed by atoms with Gasteiger partial charge >= 0.3 is 0 Å². The van der Waals surface area contributed by atoms with Gasteiger partial charge in [-0.2, -0.15) is 0 Å². The molecule has 0 radical (unpaired) electrons. The van der Waals surface area contributed by atoms with Crippen molar-refractivity contribution in [3.05, 3.63) is 95.8 Å². The van der Waals surface area contributed by atoms with Crippen molar-refractivity contribution in [3.63, 3.8) is 0 Å². The third kappa shape index (κ3) is 2.87. The summed E-state index contributed by atoms with van der Waals surface area (Å²) in [7, 11) is 0. The van der Waals surface area contributed by atoms with Crippen molar-refractivity contribution in [2.75, 3.05) is 0 Å². The van der Waals surface area contributed by atoms with Gasteiger partial charge in [-0.3, -0.25) is 0 Å². The molecule has 5 aromatic rings. The van der Waals surface area contributed by atoms with E-state index in [0.717, 1.165) is 17.0 Å². The van der Waals surface area contributed by atoms with E-state index in [-0.39, 0.29) is 10.8 Å². The Labute approximate surface area is 195 Å². The molecular formula is C31H28N2. The first kappa shape index (κ1) is 20.1. The fourth-order valence-electron chi connectivity index (χ4n) is 5.60. The van der Waals surface area contributed by atoms with E-state index in [1.54, 1.807) is 6.33 Å². The number of nitrogens with zero attached hydrogens (tertiary/aromatic N) is 2. The molecule has 0 N–H and O–H groups in total. The fourth-order valence-corrected chi connectivity index (χ4v) is 5.60. The number of aromatic nitrogens is 2. The highest BCUT2D eigenvalue weighted by atomic mass is 14.9. The maximum atomic E-state index is 4.88. The van der Waals surface area contributed by atoms with Gasteiger partial charge in [-0.15, -0.1) is 0 Å². The van der Waals surface area contributed by atoms with Crippen LogP contribution in [0, 0.1) is 0 Å². The van der Waals surface area contributed by atoms with Crippen molar-refractivity contribution in [3.8, 4) is 22.5 Å². The molecule has 0 spiro atoms. The summed E-state index contributed by atoms with van der Waals surface area (Å²) in [6.45, 7) is 11.6. The normalized spacial score (nSPS) is 14.5. The van der Waals surface area contributed by atoms with E-state index in [4.69, 9.17) is 9.97 Å². The zero-order valence-electron chi connectivity index (χ0n) is 19.9. The van der Waals surface area contributed by atoms with Gasteiger partial charge in [-0.25, -0.2) is 9.97 Å². The van der Waals surface area contributed by atoms with Crippen LogP contribution in [0.25, 0.3) is 44.1 Å². The lowest BCUT2D eigenvalue weighted by Crippen LogP contribution is -2.19. The minimum Gasteiger partial charge on any atom is -0.236 e. The van der Waals surface area contributed by atoms with Crippen molar-refractivity contribution >= 4 is 21.5 Å². The molecule has 0 unspecified atom stereocenters. The van der Waals surface area contributed by atoms with Crippen molar-refractivity contribution < 1.29 is 0 Å². The summed E-state index contributed by atoms with van der Waals surface area (Å²) in [6.07, 6.45) is 1.74. The van der Waals surface area contributed by atoms with Crippen LogP contribution in [0.15, 0.2) is 79.1 Å². The molecule has 4 aromatic carbocycles. The summed E-state index contributed by atoms with van der Waals surface area (Å²) in [5, 5.41) is 5.08. The Morgan fingerprint density at radius 3 is 2.12 bits per heavy atom. The Balaban J connectivity index is 1.68. The van der Waals surface area contributed by atoms with Crippen LogP contribution >= 0.6 is 0 Å². The van der Waals surface area contributed by atoms with Crippen LogP contribution in [0.1, 0.15) is 51.3 Å². The van der Waals surface area contributed by atoms with Gasteiger partial charge in [0.15, 0.2) is 0 Å². The third-order valence-electron chi connectivity index (χ3n) is 7.26. The average Bonchev–Trinajstić information content (AvgIpc) is 3.05. The van der Waals surface area contributed by atoms with Gasteiger partial charge < -0.3 is 0 Å². The molecular weight excluding hydrogens is 400 g/mol. The molecule has 0 atom stereocenters. The van der Waals surface area contributed by atoms with Gasteiger partial charge in [0.25, 0.3) is 0 Å². The van der Waals surface area contributed by atoms with Crippen LogP contribution in [0.4, 0.5) is 0 Å². The van der Waals surface area contributed by atoms with E-state index in [1.165, 1.54) is 43.8 Å². The first-order valence-corrected chi connectivity index (χ1v) is 11.7. The first-order chi connectivity index (χ1) is 15.8. The van der Waals surface area contributed by atoms with Crippen molar-refractivity contribution in [1.82, 2.24) is 9.97 Å². The summed E-state index contributed by atoms with van der Waals surface area (Å²) < 4.78 is 0. The highest BCUT2D eigenvalue weighted by molar-refractivity contribution is 6.04. The summed E-state index contributed by atoms with van der Waals surface area (Å²) in [5.74, 6) is 0. The maximum absolute atomic E-state index is 4.88. The Bertz CT molecular complexity index is 1570. The minimum atomic E-state index is -0.197. The summed E-state index contributed by atoms with van der Waals surface area (Å²) in [6, 6.07) is 26.4. The molecule has 1 aliphatic carbocycles. The molecule has 0 aliphatic heterocycles. The van der Waals surface area contributed by atoms with Crippen LogP contribution in [0.2, 0.25) is 0 Å². The average molecular weight is 429 g/mol. The molecule has 2 nitrogen and oxygen atoms in total. The van der Waals surface area contributed by atoms with E-state index in [1.807, 2.05) is 0 Å². The van der Waals surface area contributed by atoms with Gasteiger partial charge in [-0.05, 0) is 44.2 Å². The van der Waals surface area contributed by atoms with E-state index in [2.05, 4.69) is 107 Å². The third-order valence-corrected chi connectivity index (χ3v) is 7.26. The van der Waals surface area contributed by atoms with E-state index in [0.29, 0.717) is 0 Å². The predicted molar refractivity (Wildman–Crippen MR) is 139 cm³/mol. The van der Waals surface area contributed by atoms with Crippen LogP contribution < -0.4 is 0 Å². The molecule has 162 valence electrons. The van der Waals surface area contributed by atoms with E-state index >= 15 is 0 Å². The SMILES string of the molecule is CC(C)(C)c1cc2c(c3ccccc13)-c1ncnc(-c3ccc4ccccc4c3)c1C2(C)C. The number of hydrogen-bond acceptors (Lipinski definition) is 2. The molecule has 1 aliphatic rings. The second-order valence-corrected chi connectivity index (χ2v) is 10.8. The van der Waals surface area contributed by atoms with Crippen LogP contribution in [0.3, 0.4) is 0 Å². The van der Waals surface area contributed by atoms with Gasteiger partial charge in [0, 0.05) is 22.1 Å². The molecule has 0 fully saturated rings. The lowest BCUT2D eigenvalue weighted by Gasteiger charge is -2.27. The van der Waals surface area contributed by atoms with E-state index < -0.39 is 0 Å². The summed E-state index contributed by atoms with van der Waals surface area (Å²) in [5.41, 5.74) is 8.34. The molecule has 33 heavy (non-hydrogen) atoms. The summed E-state index contributed by atoms with van der Waals surface area (Å²) in [4.78, 5) is 9.72. The van der Waals surface area contributed by atoms with Gasteiger partial charge in [0.1, 0.15) is 6.33 Å². The topological polar surface area (TPSA) is 25.8 Å². The highest BCUT2D eigenvalue weighted by Crippen LogP contribution is 2.54.